The zero-order valence-electron chi connectivity index (χ0n) is 9.23. The molecule has 0 atom stereocenters. The van der Waals surface area contributed by atoms with Crippen molar-refractivity contribution in [2.75, 3.05) is 0 Å². The molecule has 74 valence electrons. The molecule has 0 saturated carbocycles. The molecule has 1 rings (SSSR count). The number of para-hydroxylation sites is 1. The van der Waals surface area contributed by atoms with Crippen LogP contribution in [0.15, 0.2) is 18.2 Å². The van der Waals surface area contributed by atoms with E-state index >= 15 is 0 Å². The van der Waals surface area contributed by atoms with Crippen molar-refractivity contribution >= 4 is 23.1 Å². The van der Waals surface area contributed by atoms with Crippen molar-refractivity contribution in [2.45, 2.75) is 33.1 Å². The third-order valence-corrected chi connectivity index (χ3v) is 2.02. The molecule has 1 nitrogen and oxygen atoms in total. The minimum atomic E-state index is -0.0386. The van der Waals surface area contributed by atoms with Crippen LogP contribution in [0.3, 0.4) is 0 Å². The quantitative estimate of drug-likeness (QED) is 0.517. The van der Waals surface area contributed by atoms with E-state index in [1.165, 1.54) is 0 Å². The number of aryl methyl sites for hydroxylation is 1. The van der Waals surface area contributed by atoms with E-state index in [4.69, 9.17) is 0 Å². The van der Waals surface area contributed by atoms with Gasteiger partial charge in [0.05, 0.1) is 0 Å². The predicted octanol–water partition coefficient (Wildman–Crippen LogP) is -1.01. The molecule has 1 aromatic rings. The summed E-state index contributed by atoms with van der Waals surface area (Å²) in [5.41, 5.74) is 1.70. The summed E-state index contributed by atoms with van der Waals surface area (Å²) >= 11 is 0. The predicted molar refractivity (Wildman–Crippen MR) is 55.1 cm³/mol. The van der Waals surface area contributed by atoms with Crippen molar-refractivity contribution in [3.63, 3.8) is 0 Å². The summed E-state index contributed by atoms with van der Waals surface area (Å²) in [6, 6.07) is 5.71. The van der Waals surface area contributed by atoms with Crippen LogP contribution in [0.5, 0.6) is 5.75 Å². The number of hydrogen-bond donors (Lipinski definition) is 0. The van der Waals surface area contributed by atoms with Crippen molar-refractivity contribution < 1.29 is 17.5 Å². The monoisotopic (exact) mass is 222 g/mol. The van der Waals surface area contributed by atoms with Gasteiger partial charge in [-0.1, -0.05) is 50.1 Å². The molecule has 0 aliphatic carbocycles. The van der Waals surface area contributed by atoms with Crippen molar-refractivity contribution in [2.24, 2.45) is 0 Å². The summed E-state index contributed by atoms with van der Waals surface area (Å²) in [5.74, 6) is 0.185. The van der Waals surface area contributed by atoms with Gasteiger partial charge in [0.1, 0.15) is 0 Å². The summed E-state index contributed by atoms with van der Waals surface area (Å²) in [6.45, 7) is 8.03. The average Bonchev–Trinajstić information content (AvgIpc) is 1.92. The van der Waals surface area contributed by atoms with Crippen molar-refractivity contribution in [3.8, 4) is 5.75 Å². The van der Waals surface area contributed by atoms with Gasteiger partial charge in [-0.15, -0.1) is 5.75 Å². The molecule has 0 fully saturated rings. The molecule has 0 N–H and O–H groups in total. The second-order valence-corrected chi connectivity index (χ2v) is 4.20. The number of halogens is 1. The zero-order chi connectivity index (χ0) is 9.35. The molecule has 1 aromatic carbocycles. The Morgan fingerprint density at radius 1 is 1.14 bits per heavy atom. The van der Waals surface area contributed by atoms with Gasteiger partial charge in [-0.25, -0.2) is 0 Å². The van der Waals surface area contributed by atoms with Crippen LogP contribution in [0, 0.1) is 6.92 Å². The Kier molecular flexibility index (Phi) is 6.88. The largest absolute Gasteiger partial charge is 2.00 e. The van der Waals surface area contributed by atoms with Crippen LogP contribution < -0.4 is 17.5 Å². The van der Waals surface area contributed by atoms with Crippen LogP contribution in [0.1, 0.15) is 31.9 Å². The van der Waals surface area contributed by atoms with E-state index in [0.29, 0.717) is 0 Å². The smallest absolute Gasteiger partial charge is 1.00 e. The first-order chi connectivity index (χ1) is 5.43. The zero-order valence-corrected chi connectivity index (χ0v) is 11.4. The van der Waals surface area contributed by atoms with E-state index in [2.05, 4.69) is 20.8 Å². The number of hydrogen-bond acceptors (Lipinski definition) is 1. The van der Waals surface area contributed by atoms with Crippen LogP contribution >= 0.6 is 0 Å². The SMILES string of the molecule is Cc1cccc(C(C)(C)C)c1[O-].[Cl-].[Mg+2]. The Labute approximate surface area is 108 Å². The van der Waals surface area contributed by atoms with Gasteiger partial charge in [0.25, 0.3) is 0 Å². The molecule has 0 radical (unpaired) electrons. The fourth-order valence-electron chi connectivity index (χ4n) is 1.24. The summed E-state index contributed by atoms with van der Waals surface area (Å²) in [7, 11) is 0. The van der Waals surface area contributed by atoms with Crippen molar-refractivity contribution in [1.82, 2.24) is 0 Å². The molecule has 0 heterocycles. The van der Waals surface area contributed by atoms with Crippen molar-refractivity contribution in [3.05, 3.63) is 29.3 Å². The molecular weight excluding hydrogens is 208 g/mol. The molecule has 0 aliphatic rings. The third-order valence-electron chi connectivity index (χ3n) is 2.02. The first-order valence-corrected chi connectivity index (χ1v) is 4.20. The first-order valence-electron chi connectivity index (χ1n) is 4.20. The van der Waals surface area contributed by atoms with Gasteiger partial charge in [0, 0.05) is 0 Å². The van der Waals surface area contributed by atoms with E-state index in [1.54, 1.807) is 0 Å². The van der Waals surface area contributed by atoms with E-state index in [9.17, 15) is 5.11 Å². The Morgan fingerprint density at radius 2 is 1.64 bits per heavy atom. The Bertz CT molecular complexity index is 292. The van der Waals surface area contributed by atoms with Gasteiger partial charge in [0.2, 0.25) is 0 Å². The van der Waals surface area contributed by atoms with E-state index in [0.717, 1.165) is 11.1 Å². The Morgan fingerprint density at radius 3 is 2.00 bits per heavy atom. The van der Waals surface area contributed by atoms with Crippen molar-refractivity contribution in [1.29, 1.82) is 0 Å². The molecule has 0 amide bonds. The molecule has 0 aromatic heterocycles. The normalized spacial score (nSPS) is 10.0. The number of benzene rings is 1. The summed E-state index contributed by atoms with van der Waals surface area (Å²) in [4.78, 5) is 0. The van der Waals surface area contributed by atoms with Crippen LogP contribution in [0.2, 0.25) is 0 Å². The number of rotatable bonds is 0. The molecule has 0 aliphatic heterocycles. The minimum Gasteiger partial charge on any atom is -1.00 e. The summed E-state index contributed by atoms with van der Waals surface area (Å²) in [5, 5.41) is 11.6. The van der Waals surface area contributed by atoms with Crippen LogP contribution in [0.25, 0.3) is 0 Å². The molecular formula is C11H15ClMgO. The first kappa shape index (κ1) is 16.5. The van der Waals surface area contributed by atoms with E-state index in [1.807, 2.05) is 25.1 Å². The standard InChI is InChI=1S/C11H16O.ClH.Mg/c1-8-6-5-7-9(10(8)12)11(2,3)4;;/h5-7,12H,1-4H3;1H;/q;;+2/p-2. The fourth-order valence-corrected chi connectivity index (χ4v) is 1.24. The van der Waals surface area contributed by atoms with Gasteiger partial charge in [-0.2, -0.15) is 0 Å². The average molecular weight is 223 g/mol. The molecule has 0 bridgehead atoms. The summed E-state index contributed by atoms with van der Waals surface area (Å²) < 4.78 is 0. The van der Waals surface area contributed by atoms with Gasteiger partial charge >= 0.3 is 23.1 Å². The third kappa shape index (κ3) is 3.68. The molecule has 0 spiro atoms. The maximum atomic E-state index is 11.6. The van der Waals surface area contributed by atoms with Gasteiger partial charge in [-0.05, 0) is 12.3 Å². The van der Waals surface area contributed by atoms with Gasteiger partial charge < -0.3 is 17.5 Å². The second kappa shape index (κ2) is 5.84. The Balaban J connectivity index is 0. The Hall–Kier alpha value is 0.0762. The van der Waals surface area contributed by atoms with Crippen LogP contribution in [0.4, 0.5) is 0 Å². The van der Waals surface area contributed by atoms with Crippen LogP contribution in [-0.2, 0) is 5.41 Å². The second-order valence-electron chi connectivity index (χ2n) is 4.20. The minimum absolute atomic E-state index is 0. The fraction of sp³-hybridized carbons (Fsp3) is 0.455. The molecule has 14 heavy (non-hydrogen) atoms. The maximum absolute atomic E-state index is 11.6. The van der Waals surface area contributed by atoms with E-state index < -0.39 is 0 Å². The van der Waals surface area contributed by atoms with Gasteiger partial charge in [-0.3, -0.25) is 0 Å². The molecule has 0 unspecified atom stereocenters. The maximum Gasteiger partial charge on any atom is 2.00 e. The van der Waals surface area contributed by atoms with Crippen LogP contribution in [-0.4, -0.2) is 23.1 Å². The van der Waals surface area contributed by atoms with Gasteiger partial charge in [0.15, 0.2) is 0 Å². The molecule has 0 saturated heterocycles. The topological polar surface area (TPSA) is 23.1 Å². The van der Waals surface area contributed by atoms with E-state index in [-0.39, 0.29) is 46.6 Å². The molecule has 3 heteroatoms. The summed E-state index contributed by atoms with van der Waals surface area (Å²) in [6.07, 6.45) is 0.